The highest BCUT2D eigenvalue weighted by Gasteiger charge is 2.15. The van der Waals surface area contributed by atoms with Crippen LogP contribution in [-0.2, 0) is 4.79 Å². The van der Waals surface area contributed by atoms with E-state index in [-0.39, 0.29) is 12.5 Å². The summed E-state index contributed by atoms with van der Waals surface area (Å²) in [6.07, 6.45) is 0. The lowest BCUT2D eigenvalue weighted by Gasteiger charge is -2.08. The van der Waals surface area contributed by atoms with Crippen LogP contribution >= 0.6 is 22.9 Å². The van der Waals surface area contributed by atoms with E-state index in [1.54, 1.807) is 42.1 Å². The van der Waals surface area contributed by atoms with Crippen LogP contribution in [0.5, 0.6) is 11.5 Å². The average Bonchev–Trinajstić information content (AvgIpc) is 3.29. The number of aryl methyl sites for hydroxylation is 1. The molecule has 4 aromatic rings. The molecule has 0 aliphatic rings. The Morgan fingerprint density at radius 1 is 1.17 bits per heavy atom. The van der Waals surface area contributed by atoms with Gasteiger partial charge in [0.1, 0.15) is 17.3 Å². The van der Waals surface area contributed by atoms with Crippen LogP contribution in [0.1, 0.15) is 5.69 Å². The molecule has 0 spiro atoms. The van der Waals surface area contributed by atoms with Gasteiger partial charge in [0.2, 0.25) is 5.13 Å². The number of ether oxygens (including phenoxy) is 2. The zero-order valence-electron chi connectivity index (χ0n) is 15.7. The Morgan fingerprint density at radius 3 is 2.69 bits per heavy atom. The molecule has 4 rings (SSSR count). The molecule has 0 radical (unpaired) electrons. The molecule has 0 saturated heterocycles. The third-order valence-corrected chi connectivity index (χ3v) is 5.29. The summed E-state index contributed by atoms with van der Waals surface area (Å²) in [6.45, 7) is 1.72. The molecule has 7 nitrogen and oxygen atoms in total. The number of amides is 1. The first kappa shape index (κ1) is 19.2. The number of methoxy groups -OCH3 is 1. The van der Waals surface area contributed by atoms with E-state index in [2.05, 4.69) is 15.4 Å². The first-order valence-electron chi connectivity index (χ1n) is 8.71. The van der Waals surface area contributed by atoms with Crippen LogP contribution in [0.25, 0.3) is 15.3 Å². The largest absolute Gasteiger partial charge is 0.497 e. The number of aromatic nitrogens is 3. The molecule has 2 aromatic carbocycles. The number of thiazole rings is 1. The van der Waals surface area contributed by atoms with Crippen molar-refractivity contribution in [2.75, 3.05) is 19.0 Å². The lowest BCUT2D eigenvalue weighted by molar-refractivity contribution is -0.118. The normalized spacial score (nSPS) is 10.9. The van der Waals surface area contributed by atoms with Gasteiger partial charge in [0, 0.05) is 11.1 Å². The fourth-order valence-electron chi connectivity index (χ4n) is 2.70. The Kier molecular flexibility index (Phi) is 5.37. The highest BCUT2D eigenvalue weighted by atomic mass is 35.5. The molecule has 1 amide bonds. The van der Waals surface area contributed by atoms with Crippen molar-refractivity contribution in [2.24, 2.45) is 0 Å². The van der Waals surface area contributed by atoms with Crippen molar-refractivity contribution in [2.45, 2.75) is 6.92 Å². The number of anilines is 1. The third kappa shape index (κ3) is 4.33. The van der Waals surface area contributed by atoms with Crippen molar-refractivity contribution in [3.05, 3.63) is 59.2 Å². The van der Waals surface area contributed by atoms with E-state index < -0.39 is 0 Å². The maximum Gasteiger partial charge on any atom is 0.263 e. The predicted octanol–water partition coefficient (Wildman–Crippen LogP) is 4.47. The Labute approximate surface area is 175 Å². The molecule has 0 atom stereocenters. The fraction of sp³-hybridized carbons (Fsp3) is 0.150. The molecule has 2 heterocycles. The third-order valence-electron chi connectivity index (χ3n) is 4.05. The molecular formula is C20H17ClN4O3S. The number of fused-ring (bicyclic) bond motifs is 1. The van der Waals surface area contributed by atoms with Gasteiger partial charge in [0.25, 0.3) is 5.91 Å². The average molecular weight is 429 g/mol. The summed E-state index contributed by atoms with van der Waals surface area (Å²) in [5.41, 5.74) is 1.60. The molecular weight excluding hydrogens is 412 g/mol. The van der Waals surface area contributed by atoms with Crippen LogP contribution < -0.4 is 14.8 Å². The van der Waals surface area contributed by atoms with Gasteiger partial charge in [0.15, 0.2) is 6.61 Å². The number of hydrogen-bond donors (Lipinski definition) is 1. The number of benzene rings is 2. The first-order valence-corrected chi connectivity index (χ1v) is 9.91. The number of carbonyl (C=O) groups excluding carboxylic acids is 1. The number of halogens is 1. The van der Waals surface area contributed by atoms with Gasteiger partial charge >= 0.3 is 0 Å². The van der Waals surface area contributed by atoms with E-state index in [0.717, 1.165) is 21.7 Å². The number of hydrogen-bond acceptors (Lipinski definition) is 6. The van der Waals surface area contributed by atoms with Gasteiger partial charge in [-0.1, -0.05) is 22.9 Å². The second kappa shape index (κ2) is 8.10. The minimum Gasteiger partial charge on any atom is -0.497 e. The van der Waals surface area contributed by atoms with Crippen molar-refractivity contribution in [1.29, 1.82) is 0 Å². The molecule has 1 N–H and O–H groups in total. The van der Waals surface area contributed by atoms with Gasteiger partial charge in [-0.15, -0.1) is 0 Å². The molecule has 0 saturated carbocycles. The van der Waals surface area contributed by atoms with E-state index in [4.69, 9.17) is 21.1 Å². The van der Waals surface area contributed by atoms with Gasteiger partial charge in [-0.25, -0.2) is 4.98 Å². The number of nitrogens with one attached hydrogen (secondary N) is 1. The first-order chi connectivity index (χ1) is 14.0. The minimum absolute atomic E-state index is 0.136. The Bertz CT molecular complexity index is 1170. The minimum atomic E-state index is -0.302. The monoisotopic (exact) mass is 428 g/mol. The van der Waals surface area contributed by atoms with Crippen molar-refractivity contribution in [3.8, 4) is 16.6 Å². The summed E-state index contributed by atoms with van der Waals surface area (Å²) in [5.74, 6) is 1.55. The lowest BCUT2D eigenvalue weighted by Crippen LogP contribution is -2.21. The Morgan fingerprint density at radius 2 is 1.93 bits per heavy atom. The summed E-state index contributed by atoms with van der Waals surface area (Å²) in [6, 6.07) is 14.3. The Hall–Kier alpha value is -3.10. The summed E-state index contributed by atoms with van der Waals surface area (Å²) < 4.78 is 13.3. The molecule has 0 bridgehead atoms. The molecule has 29 heavy (non-hydrogen) atoms. The summed E-state index contributed by atoms with van der Waals surface area (Å²) in [5, 5.41) is 8.55. The number of rotatable bonds is 6. The smallest absolute Gasteiger partial charge is 0.263 e. The van der Waals surface area contributed by atoms with Crippen molar-refractivity contribution >= 4 is 44.9 Å². The van der Waals surface area contributed by atoms with E-state index in [0.29, 0.717) is 21.7 Å². The van der Waals surface area contributed by atoms with Gasteiger partial charge in [-0.3, -0.25) is 4.79 Å². The summed E-state index contributed by atoms with van der Waals surface area (Å²) >= 11 is 7.31. The summed E-state index contributed by atoms with van der Waals surface area (Å²) in [4.78, 5) is 17.0. The standard InChI is InChI=1S/C20H17ClN4O3S/c1-12-9-18(23-19(26)11-28-14-5-3-13(21)4-6-14)25(24-12)20-22-16-8-7-15(27-2)10-17(16)29-20/h3-10H,11H2,1-2H3,(H,23,26). The zero-order chi connectivity index (χ0) is 20.4. The molecule has 0 unspecified atom stereocenters. The van der Waals surface area contributed by atoms with E-state index >= 15 is 0 Å². The maximum atomic E-state index is 12.4. The van der Waals surface area contributed by atoms with Gasteiger partial charge < -0.3 is 14.8 Å². The Balaban J connectivity index is 1.52. The van der Waals surface area contributed by atoms with Crippen LogP contribution in [0, 0.1) is 6.92 Å². The van der Waals surface area contributed by atoms with Gasteiger partial charge in [0.05, 0.1) is 23.0 Å². The summed E-state index contributed by atoms with van der Waals surface area (Å²) in [7, 11) is 1.62. The highest BCUT2D eigenvalue weighted by molar-refractivity contribution is 7.20. The van der Waals surface area contributed by atoms with E-state index in [1.165, 1.54) is 11.3 Å². The molecule has 2 aromatic heterocycles. The van der Waals surface area contributed by atoms with Gasteiger partial charge in [-0.2, -0.15) is 9.78 Å². The van der Waals surface area contributed by atoms with Crippen LogP contribution in [-0.4, -0.2) is 34.4 Å². The van der Waals surface area contributed by atoms with Crippen LogP contribution in [0.15, 0.2) is 48.5 Å². The molecule has 0 fully saturated rings. The zero-order valence-corrected chi connectivity index (χ0v) is 17.3. The van der Waals surface area contributed by atoms with Crippen LogP contribution in [0.3, 0.4) is 0 Å². The van der Waals surface area contributed by atoms with Crippen molar-refractivity contribution in [3.63, 3.8) is 0 Å². The van der Waals surface area contributed by atoms with Crippen molar-refractivity contribution in [1.82, 2.24) is 14.8 Å². The quantitative estimate of drug-likeness (QED) is 0.490. The van der Waals surface area contributed by atoms with Crippen LogP contribution in [0.4, 0.5) is 5.82 Å². The molecule has 0 aliphatic heterocycles. The van der Waals surface area contributed by atoms with E-state index in [9.17, 15) is 4.79 Å². The molecule has 148 valence electrons. The SMILES string of the molecule is COc1ccc2nc(-n3nc(C)cc3NC(=O)COc3ccc(Cl)cc3)sc2c1. The van der Waals surface area contributed by atoms with Crippen molar-refractivity contribution < 1.29 is 14.3 Å². The topological polar surface area (TPSA) is 78.3 Å². The van der Waals surface area contributed by atoms with Gasteiger partial charge in [-0.05, 0) is 49.4 Å². The molecule has 9 heteroatoms. The number of carbonyl (C=O) groups is 1. The lowest BCUT2D eigenvalue weighted by atomic mass is 10.3. The highest BCUT2D eigenvalue weighted by Crippen LogP contribution is 2.30. The second-order valence-electron chi connectivity index (χ2n) is 6.20. The molecule has 0 aliphatic carbocycles. The second-order valence-corrected chi connectivity index (χ2v) is 7.65. The fourth-order valence-corrected chi connectivity index (χ4v) is 3.79. The predicted molar refractivity (Wildman–Crippen MR) is 114 cm³/mol. The van der Waals surface area contributed by atoms with E-state index in [1.807, 2.05) is 25.1 Å². The number of nitrogens with zero attached hydrogens (tertiary/aromatic N) is 3. The van der Waals surface area contributed by atoms with Crippen LogP contribution in [0.2, 0.25) is 5.02 Å². The maximum absolute atomic E-state index is 12.4.